The third-order valence-electron chi connectivity index (χ3n) is 0.933. The molecule has 1 rings (SSSR count). The first-order valence-electron chi connectivity index (χ1n) is 2.48. The normalized spacial score (nSPS) is 9.44. The fraction of sp³-hybridized carbons (Fsp3) is 0.167. The standard InChI is InChI=1S/C6H6O2S/c1-4(7)6-2-5(8)3-9-6/h2-3,8H,1H3. The SMILES string of the molecule is CC(=O)c1cc(O)cs1. The van der Waals surface area contributed by atoms with Gasteiger partial charge in [-0.05, 0) is 6.92 Å². The van der Waals surface area contributed by atoms with Gasteiger partial charge in [-0.2, -0.15) is 0 Å². The highest BCUT2D eigenvalue weighted by Gasteiger charge is 2.00. The van der Waals surface area contributed by atoms with Gasteiger partial charge < -0.3 is 5.11 Å². The van der Waals surface area contributed by atoms with Crippen molar-refractivity contribution in [2.24, 2.45) is 0 Å². The third kappa shape index (κ3) is 1.29. The van der Waals surface area contributed by atoms with Crippen LogP contribution in [0.4, 0.5) is 0 Å². The molecule has 1 aromatic heterocycles. The Bertz CT molecular complexity index is 227. The van der Waals surface area contributed by atoms with E-state index in [4.69, 9.17) is 5.11 Å². The molecule has 9 heavy (non-hydrogen) atoms. The summed E-state index contributed by atoms with van der Waals surface area (Å²) in [5.41, 5.74) is 0. The monoisotopic (exact) mass is 142 g/mol. The molecule has 0 saturated carbocycles. The molecule has 1 aromatic rings. The first kappa shape index (κ1) is 6.29. The number of rotatable bonds is 1. The van der Waals surface area contributed by atoms with Gasteiger partial charge in [-0.25, -0.2) is 0 Å². The second kappa shape index (κ2) is 2.19. The first-order valence-corrected chi connectivity index (χ1v) is 3.36. The Labute approximate surface area is 56.8 Å². The Morgan fingerprint density at radius 2 is 2.44 bits per heavy atom. The quantitative estimate of drug-likeness (QED) is 0.605. The molecule has 3 heteroatoms. The van der Waals surface area contributed by atoms with E-state index >= 15 is 0 Å². The highest BCUT2D eigenvalue weighted by molar-refractivity contribution is 7.12. The second-order valence-electron chi connectivity index (χ2n) is 1.73. The molecule has 0 radical (unpaired) electrons. The van der Waals surface area contributed by atoms with Crippen LogP contribution in [0.3, 0.4) is 0 Å². The van der Waals surface area contributed by atoms with Crippen molar-refractivity contribution in [1.29, 1.82) is 0 Å². The molecular weight excluding hydrogens is 136 g/mol. The molecule has 48 valence electrons. The topological polar surface area (TPSA) is 37.3 Å². The predicted octanol–water partition coefficient (Wildman–Crippen LogP) is 1.66. The van der Waals surface area contributed by atoms with E-state index in [0.29, 0.717) is 4.88 Å². The molecule has 0 aliphatic carbocycles. The summed E-state index contributed by atoms with van der Waals surface area (Å²) in [6, 6.07) is 1.47. The minimum Gasteiger partial charge on any atom is -0.507 e. The molecule has 1 N–H and O–H groups in total. The average molecular weight is 142 g/mol. The van der Waals surface area contributed by atoms with Crippen molar-refractivity contribution in [2.45, 2.75) is 6.92 Å². The average Bonchev–Trinajstić information content (AvgIpc) is 2.14. The van der Waals surface area contributed by atoms with E-state index in [0.717, 1.165) is 0 Å². The van der Waals surface area contributed by atoms with Gasteiger partial charge in [0.2, 0.25) is 0 Å². The molecule has 0 aliphatic heterocycles. The Hall–Kier alpha value is -0.830. The predicted molar refractivity (Wildman–Crippen MR) is 36.0 cm³/mol. The number of hydrogen-bond donors (Lipinski definition) is 1. The molecule has 0 unspecified atom stereocenters. The zero-order valence-electron chi connectivity index (χ0n) is 4.92. The van der Waals surface area contributed by atoms with Crippen LogP contribution in [-0.4, -0.2) is 10.9 Å². The number of aromatic hydroxyl groups is 1. The van der Waals surface area contributed by atoms with Crippen LogP contribution in [0.2, 0.25) is 0 Å². The van der Waals surface area contributed by atoms with Crippen molar-refractivity contribution < 1.29 is 9.90 Å². The van der Waals surface area contributed by atoms with Crippen molar-refractivity contribution in [1.82, 2.24) is 0 Å². The number of Topliss-reactive ketones (excluding diaryl/α,β-unsaturated/α-hetero) is 1. The highest BCUT2D eigenvalue weighted by atomic mass is 32.1. The van der Waals surface area contributed by atoms with Gasteiger partial charge in [0, 0.05) is 11.4 Å². The molecule has 0 fully saturated rings. The minimum absolute atomic E-state index is 0.000278. The Kier molecular flexibility index (Phi) is 1.53. The van der Waals surface area contributed by atoms with Gasteiger partial charge in [0.1, 0.15) is 5.75 Å². The summed E-state index contributed by atoms with van der Waals surface area (Å²) >= 11 is 1.26. The maximum atomic E-state index is 10.6. The number of carbonyl (C=O) groups excluding carboxylic acids is 1. The number of thiophene rings is 1. The van der Waals surface area contributed by atoms with Crippen molar-refractivity contribution in [3.8, 4) is 5.75 Å². The third-order valence-corrected chi connectivity index (χ3v) is 1.95. The molecule has 0 amide bonds. The van der Waals surface area contributed by atoms with Crippen molar-refractivity contribution in [2.75, 3.05) is 0 Å². The van der Waals surface area contributed by atoms with Crippen molar-refractivity contribution >= 4 is 17.1 Å². The molecule has 2 nitrogen and oxygen atoms in total. The van der Waals surface area contributed by atoms with E-state index in [2.05, 4.69) is 0 Å². The summed E-state index contributed by atoms with van der Waals surface area (Å²) in [6.45, 7) is 1.48. The summed E-state index contributed by atoms with van der Waals surface area (Å²) in [6.07, 6.45) is 0. The molecular formula is C6H6O2S. The molecule has 1 heterocycles. The van der Waals surface area contributed by atoms with Crippen LogP contribution < -0.4 is 0 Å². The highest BCUT2D eigenvalue weighted by Crippen LogP contribution is 2.19. The zero-order valence-corrected chi connectivity index (χ0v) is 5.73. The van der Waals surface area contributed by atoms with Crippen LogP contribution in [0.5, 0.6) is 5.75 Å². The molecule has 0 atom stereocenters. The van der Waals surface area contributed by atoms with Crippen LogP contribution in [0.25, 0.3) is 0 Å². The van der Waals surface area contributed by atoms with Gasteiger partial charge in [0.15, 0.2) is 5.78 Å². The lowest BCUT2D eigenvalue weighted by atomic mass is 10.3. The number of carbonyl (C=O) groups is 1. The van der Waals surface area contributed by atoms with Crippen LogP contribution in [0, 0.1) is 0 Å². The van der Waals surface area contributed by atoms with Gasteiger partial charge in [-0.3, -0.25) is 4.79 Å². The molecule has 0 aliphatic rings. The van der Waals surface area contributed by atoms with Crippen molar-refractivity contribution in [3.63, 3.8) is 0 Å². The van der Waals surface area contributed by atoms with E-state index in [9.17, 15) is 4.79 Å². The fourth-order valence-corrected chi connectivity index (χ4v) is 1.18. The smallest absolute Gasteiger partial charge is 0.169 e. The van der Waals surface area contributed by atoms with E-state index in [1.807, 2.05) is 0 Å². The molecule has 0 bridgehead atoms. The fourth-order valence-electron chi connectivity index (χ4n) is 0.511. The Balaban J connectivity index is 2.98. The van der Waals surface area contributed by atoms with E-state index in [1.54, 1.807) is 0 Å². The molecule has 0 spiro atoms. The van der Waals surface area contributed by atoms with E-state index in [1.165, 1.54) is 29.7 Å². The van der Waals surface area contributed by atoms with E-state index < -0.39 is 0 Å². The second-order valence-corrected chi connectivity index (χ2v) is 2.64. The van der Waals surface area contributed by atoms with E-state index in [-0.39, 0.29) is 11.5 Å². The van der Waals surface area contributed by atoms with Crippen LogP contribution in [0.15, 0.2) is 11.4 Å². The van der Waals surface area contributed by atoms with Crippen LogP contribution in [-0.2, 0) is 0 Å². The van der Waals surface area contributed by atoms with Crippen LogP contribution >= 0.6 is 11.3 Å². The minimum atomic E-state index is 0.000278. The van der Waals surface area contributed by atoms with Gasteiger partial charge in [0.05, 0.1) is 4.88 Å². The maximum absolute atomic E-state index is 10.6. The maximum Gasteiger partial charge on any atom is 0.169 e. The summed E-state index contributed by atoms with van der Waals surface area (Å²) in [4.78, 5) is 11.2. The van der Waals surface area contributed by atoms with Gasteiger partial charge >= 0.3 is 0 Å². The molecule has 0 aromatic carbocycles. The van der Waals surface area contributed by atoms with Gasteiger partial charge in [-0.15, -0.1) is 11.3 Å². The number of hydrogen-bond acceptors (Lipinski definition) is 3. The van der Waals surface area contributed by atoms with Gasteiger partial charge in [-0.1, -0.05) is 0 Å². The summed E-state index contributed by atoms with van der Waals surface area (Å²) in [7, 11) is 0. The summed E-state index contributed by atoms with van der Waals surface area (Å²) in [5, 5.41) is 10.3. The summed E-state index contributed by atoms with van der Waals surface area (Å²) in [5.74, 6) is 0.172. The lowest BCUT2D eigenvalue weighted by molar-refractivity contribution is 0.102. The molecule has 0 saturated heterocycles. The lowest BCUT2D eigenvalue weighted by Crippen LogP contribution is -1.83. The van der Waals surface area contributed by atoms with Crippen LogP contribution in [0.1, 0.15) is 16.6 Å². The largest absolute Gasteiger partial charge is 0.507 e. The number of ketones is 1. The Morgan fingerprint density at radius 3 is 2.67 bits per heavy atom. The van der Waals surface area contributed by atoms with Crippen molar-refractivity contribution in [3.05, 3.63) is 16.3 Å². The summed E-state index contributed by atoms with van der Waals surface area (Å²) < 4.78 is 0. The Morgan fingerprint density at radius 1 is 1.78 bits per heavy atom. The van der Waals surface area contributed by atoms with Gasteiger partial charge in [0.25, 0.3) is 0 Å². The lowest BCUT2D eigenvalue weighted by Gasteiger charge is -1.80. The first-order chi connectivity index (χ1) is 4.20. The zero-order chi connectivity index (χ0) is 6.85.